The van der Waals surface area contributed by atoms with Crippen LogP contribution in [-0.4, -0.2) is 50.7 Å². The second-order valence-electron chi connectivity index (χ2n) is 6.33. The molecule has 1 aromatic rings. The molecule has 120 valence electrons. The van der Waals surface area contributed by atoms with Crippen LogP contribution >= 0.6 is 0 Å². The number of rotatable bonds is 9. The van der Waals surface area contributed by atoms with Crippen LogP contribution in [0.4, 0.5) is 5.69 Å². The van der Waals surface area contributed by atoms with Crippen LogP contribution < -0.4 is 10.2 Å². The fourth-order valence-electron chi connectivity index (χ4n) is 2.44. The summed E-state index contributed by atoms with van der Waals surface area (Å²) in [5.41, 5.74) is 2.35. The zero-order valence-corrected chi connectivity index (χ0v) is 14.6. The first-order chi connectivity index (χ1) is 9.97. The first-order valence-corrected chi connectivity index (χ1v) is 8.00. The van der Waals surface area contributed by atoms with Crippen LogP contribution in [0.3, 0.4) is 0 Å². The van der Waals surface area contributed by atoms with E-state index in [0.717, 1.165) is 31.7 Å². The molecule has 1 atom stereocenters. The van der Waals surface area contributed by atoms with Crippen molar-refractivity contribution in [1.82, 2.24) is 15.2 Å². The molecule has 1 N–H and O–H groups in total. The summed E-state index contributed by atoms with van der Waals surface area (Å²) in [5.74, 6) is 0.646. The topological polar surface area (TPSA) is 31.4 Å². The van der Waals surface area contributed by atoms with Gasteiger partial charge in [-0.05, 0) is 45.6 Å². The zero-order chi connectivity index (χ0) is 15.8. The molecule has 0 aliphatic heterocycles. The maximum Gasteiger partial charge on any atom is 0.0574 e. The van der Waals surface area contributed by atoms with Gasteiger partial charge in [-0.2, -0.15) is 0 Å². The molecule has 0 saturated carbocycles. The molecule has 1 rings (SSSR count). The molecule has 0 fully saturated rings. The van der Waals surface area contributed by atoms with Crippen molar-refractivity contribution < 1.29 is 0 Å². The fourth-order valence-corrected chi connectivity index (χ4v) is 2.44. The van der Waals surface area contributed by atoms with Crippen LogP contribution in [0, 0.1) is 5.92 Å². The second-order valence-corrected chi connectivity index (χ2v) is 6.33. The maximum atomic E-state index is 4.66. The minimum atomic E-state index is 0.347. The molecule has 4 heteroatoms. The standard InChI is InChI=1S/C17H32N4/c1-7-16(18-4)17-9-8-15(12-19-17)21(13-14(2)3)11-10-20(5)6/h8-9,12,14,16,18H,7,10-11,13H2,1-6H3. The van der Waals surface area contributed by atoms with Gasteiger partial charge >= 0.3 is 0 Å². The van der Waals surface area contributed by atoms with Gasteiger partial charge < -0.3 is 15.1 Å². The minimum absolute atomic E-state index is 0.347. The third-order valence-electron chi connectivity index (χ3n) is 3.65. The molecule has 1 heterocycles. The molecule has 0 aromatic carbocycles. The highest BCUT2D eigenvalue weighted by molar-refractivity contribution is 5.45. The molecule has 0 saturated heterocycles. The van der Waals surface area contributed by atoms with Gasteiger partial charge in [-0.25, -0.2) is 0 Å². The van der Waals surface area contributed by atoms with Gasteiger partial charge in [0.1, 0.15) is 0 Å². The Labute approximate surface area is 130 Å². The van der Waals surface area contributed by atoms with E-state index >= 15 is 0 Å². The molecular weight excluding hydrogens is 260 g/mol. The largest absolute Gasteiger partial charge is 0.369 e. The summed E-state index contributed by atoms with van der Waals surface area (Å²) in [6.07, 6.45) is 3.08. The number of hydrogen-bond donors (Lipinski definition) is 1. The smallest absolute Gasteiger partial charge is 0.0574 e. The lowest BCUT2D eigenvalue weighted by molar-refractivity contribution is 0.409. The SMILES string of the molecule is CCC(NC)c1ccc(N(CCN(C)C)CC(C)C)cn1. The molecule has 0 amide bonds. The Kier molecular flexibility index (Phi) is 7.68. The molecule has 1 aromatic heterocycles. The first-order valence-electron chi connectivity index (χ1n) is 8.00. The van der Waals surface area contributed by atoms with Gasteiger partial charge in [0.15, 0.2) is 0 Å². The number of aromatic nitrogens is 1. The van der Waals surface area contributed by atoms with Crippen molar-refractivity contribution in [1.29, 1.82) is 0 Å². The van der Waals surface area contributed by atoms with Crippen molar-refractivity contribution >= 4 is 5.69 Å². The van der Waals surface area contributed by atoms with E-state index in [1.807, 2.05) is 13.2 Å². The summed E-state index contributed by atoms with van der Waals surface area (Å²) in [6.45, 7) is 9.87. The van der Waals surface area contributed by atoms with Crippen LogP contribution in [0.15, 0.2) is 18.3 Å². The first kappa shape index (κ1) is 17.9. The number of likely N-dealkylation sites (N-methyl/N-ethyl adjacent to an activating group) is 1. The van der Waals surface area contributed by atoms with E-state index in [0.29, 0.717) is 12.0 Å². The van der Waals surface area contributed by atoms with Crippen LogP contribution in [-0.2, 0) is 0 Å². The Bertz CT molecular complexity index is 382. The molecule has 0 radical (unpaired) electrons. The van der Waals surface area contributed by atoms with Gasteiger partial charge in [0.05, 0.1) is 17.6 Å². The van der Waals surface area contributed by atoms with Crippen LogP contribution in [0.1, 0.15) is 38.9 Å². The Morgan fingerprint density at radius 2 is 1.90 bits per heavy atom. The normalized spacial score (nSPS) is 13.0. The molecule has 0 aliphatic carbocycles. The van der Waals surface area contributed by atoms with E-state index in [4.69, 9.17) is 0 Å². The molecule has 0 aliphatic rings. The van der Waals surface area contributed by atoms with Gasteiger partial charge in [0.25, 0.3) is 0 Å². The van der Waals surface area contributed by atoms with Crippen molar-refractivity contribution in [2.24, 2.45) is 5.92 Å². The third-order valence-corrected chi connectivity index (χ3v) is 3.65. The number of anilines is 1. The average molecular weight is 292 g/mol. The third kappa shape index (κ3) is 6.02. The van der Waals surface area contributed by atoms with Crippen molar-refractivity contribution in [3.8, 4) is 0 Å². The van der Waals surface area contributed by atoms with E-state index in [1.165, 1.54) is 5.69 Å². The summed E-state index contributed by atoms with van der Waals surface area (Å²) in [6, 6.07) is 4.71. The van der Waals surface area contributed by atoms with E-state index in [2.05, 4.69) is 67.1 Å². The highest BCUT2D eigenvalue weighted by Crippen LogP contribution is 2.19. The highest BCUT2D eigenvalue weighted by Gasteiger charge is 2.12. The summed E-state index contributed by atoms with van der Waals surface area (Å²) in [7, 11) is 6.23. The lowest BCUT2D eigenvalue weighted by Crippen LogP contribution is -2.34. The van der Waals surface area contributed by atoms with Crippen molar-refractivity contribution in [3.05, 3.63) is 24.0 Å². The predicted octanol–water partition coefficient (Wildman–Crippen LogP) is 2.78. The van der Waals surface area contributed by atoms with Crippen LogP contribution in [0.2, 0.25) is 0 Å². The zero-order valence-electron chi connectivity index (χ0n) is 14.6. The van der Waals surface area contributed by atoms with Crippen molar-refractivity contribution in [3.63, 3.8) is 0 Å². The van der Waals surface area contributed by atoms with Gasteiger partial charge in [-0.15, -0.1) is 0 Å². The number of hydrogen-bond acceptors (Lipinski definition) is 4. The van der Waals surface area contributed by atoms with Crippen LogP contribution in [0.5, 0.6) is 0 Å². The Balaban J connectivity index is 2.81. The van der Waals surface area contributed by atoms with E-state index in [-0.39, 0.29) is 0 Å². The van der Waals surface area contributed by atoms with Gasteiger partial charge in [0.2, 0.25) is 0 Å². The Hall–Kier alpha value is -1.13. The van der Waals surface area contributed by atoms with Gasteiger partial charge in [-0.1, -0.05) is 20.8 Å². The second kappa shape index (κ2) is 9.00. The molecule has 1 unspecified atom stereocenters. The lowest BCUT2D eigenvalue weighted by atomic mass is 10.1. The van der Waals surface area contributed by atoms with E-state index in [9.17, 15) is 0 Å². The number of nitrogens with zero attached hydrogens (tertiary/aromatic N) is 3. The van der Waals surface area contributed by atoms with Crippen molar-refractivity contribution in [2.45, 2.75) is 33.2 Å². The van der Waals surface area contributed by atoms with Crippen molar-refractivity contribution in [2.75, 3.05) is 45.7 Å². The Morgan fingerprint density at radius 3 is 2.33 bits per heavy atom. The van der Waals surface area contributed by atoms with Crippen LogP contribution in [0.25, 0.3) is 0 Å². The molecule has 21 heavy (non-hydrogen) atoms. The van der Waals surface area contributed by atoms with Gasteiger partial charge in [0, 0.05) is 25.7 Å². The summed E-state index contributed by atoms with van der Waals surface area (Å²) < 4.78 is 0. The molecule has 0 bridgehead atoms. The van der Waals surface area contributed by atoms with E-state index in [1.54, 1.807) is 0 Å². The van der Waals surface area contributed by atoms with Gasteiger partial charge in [-0.3, -0.25) is 4.98 Å². The molecular formula is C17H32N4. The monoisotopic (exact) mass is 292 g/mol. The maximum absolute atomic E-state index is 4.66. The summed E-state index contributed by atoms with van der Waals surface area (Å²) in [5, 5.41) is 3.31. The average Bonchev–Trinajstić information content (AvgIpc) is 2.45. The number of pyridine rings is 1. The quantitative estimate of drug-likeness (QED) is 0.758. The predicted molar refractivity (Wildman–Crippen MR) is 91.9 cm³/mol. The molecule has 4 nitrogen and oxygen atoms in total. The lowest BCUT2D eigenvalue weighted by Gasteiger charge is -2.28. The van der Waals surface area contributed by atoms with E-state index < -0.39 is 0 Å². The summed E-state index contributed by atoms with van der Waals surface area (Å²) >= 11 is 0. The highest BCUT2D eigenvalue weighted by atomic mass is 15.2. The Morgan fingerprint density at radius 1 is 1.19 bits per heavy atom. The molecule has 0 spiro atoms. The number of nitrogens with one attached hydrogen (secondary N) is 1. The summed E-state index contributed by atoms with van der Waals surface area (Å²) in [4.78, 5) is 9.32. The minimum Gasteiger partial charge on any atom is -0.369 e. The fraction of sp³-hybridized carbons (Fsp3) is 0.706.